The molecule has 1 N–H and O–H groups in total. The van der Waals surface area contributed by atoms with Gasteiger partial charge in [0.15, 0.2) is 0 Å². The van der Waals surface area contributed by atoms with Gasteiger partial charge < -0.3 is 10.2 Å². The molecule has 0 spiro atoms. The molecule has 0 saturated heterocycles. The zero-order chi connectivity index (χ0) is 22.5. The third-order valence-corrected chi connectivity index (χ3v) is 5.68. The van der Waals surface area contributed by atoms with Gasteiger partial charge in [0.05, 0.1) is 12.1 Å². The van der Waals surface area contributed by atoms with Crippen LogP contribution in [0.5, 0.6) is 0 Å². The molecule has 0 atom stereocenters. The van der Waals surface area contributed by atoms with Crippen molar-refractivity contribution in [2.45, 2.75) is 20.4 Å². The van der Waals surface area contributed by atoms with Gasteiger partial charge in [0.1, 0.15) is 5.70 Å². The first kappa shape index (κ1) is 21.4. The Balaban J connectivity index is 1.67. The zero-order valence-electron chi connectivity index (χ0n) is 18.4. The maximum absolute atomic E-state index is 13.4. The van der Waals surface area contributed by atoms with Crippen molar-refractivity contribution in [3.63, 3.8) is 0 Å². The normalized spacial score (nSPS) is 13.6. The number of nitrogens with zero attached hydrogens (tertiary/aromatic N) is 2. The van der Waals surface area contributed by atoms with Gasteiger partial charge in [-0.2, -0.15) is 0 Å². The number of amides is 2. The molecule has 5 nitrogen and oxygen atoms in total. The molecule has 2 amide bonds. The number of hydrogen-bond acceptors (Lipinski definition) is 4. The molecule has 0 aliphatic carbocycles. The van der Waals surface area contributed by atoms with Crippen molar-refractivity contribution in [3.05, 3.63) is 102 Å². The van der Waals surface area contributed by atoms with E-state index in [1.165, 1.54) is 4.90 Å². The van der Waals surface area contributed by atoms with Crippen molar-refractivity contribution in [2.24, 2.45) is 0 Å². The van der Waals surface area contributed by atoms with E-state index in [-0.39, 0.29) is 18.4 Å². The van der Waals surface area contributed by atoms with E-state index in [4.69, 9.17) is 0 Å². The molecule has 0 aromatic heterocycles. The molecule has 3 aromatic rings. The predicted octanol–water partition coefficient (Wildman–Crippen LogP) is 4.93. The van der Waals surface area contributed by atoms with Crippen molar-refractivity contribution in [1.29, 1.82) is 0 Å². The molecule has 32 heavy (non-hydrogen) atoms. The molecule has 0 unspecified atom stereocenters. The van der Waals surface area contributed by atoms with Crippen molar-refractivity contribution in [3.8, 4) is 0 Å². The Morgan fingerprint density at radius 1 is 0.750 bits per heavy atom. The van der Waals surface area contributed by atoms with Gasteiger partial charge in [-0.15, -0.1) is 0 Å². The van der Waals surface area contributed by atoms with Crippen LogP contribution in [0.4, 0.5) is 11.4 Å². The van der Waals surface area contributed by atoms with Crippen LogP contribution in [0.1, 0.15) is 25.0 Å². The number of carbonyl (C=O) groups excluding carboxylic acids is 2. The van der Waals surface area contributed by atoms with E-state index in [9.17, 15) is 9.59 Å². The summed E-state index contributed by atoms with van der Waals surface area (Å²) < 4.78 is 0. The molecule has 1 aliphatic rings. The minimum absolute atomic E-state index is 0.237. The highest BCUT2D eigenvalue weighted by Crippen LogP contribution is 2.31. The summed E-state index contributed by atoms with van der Waals surface area (Å²) in [5, 5.41) is 3.24. The summed E-state index contributed by atoms with van der Waals surface area (Å²) in [7, 11) is 0. The van der Waals surface area contributed by atoms with E-state index in [2.05, 4.69) is 24.1 Å². The fourth-order valence-electron chi connectivity index (χ4n) is 3.96. The van der Waals surface area contributed by atoms with Crippen LogP contribution < -0.4 is 10.2 Å². The van der Waals surface area contributed by atoms with E-state index in [1.54, 1.807) is 0 Å². The third-order valence-electron chi connectivity index (χ3n) is 5.68. The van der Waals surface area contributed by atoms with Crippen LogP contribution in [0, 0.1) is 0 Å². The molecular weight excluding hydrogens is 398 g/mol. The van der Waals surface area contributed by atoms with Gasteiger partial charge in [-0.3, -0.25) is 14.5 Å². The first-order chi connectivity index (χ1) is 15.6. The van der Waals surface area contributed by atoms with Gasteiger partial charge in [-0.25, -0.2) is 0 Å². The van der Waals surface area contributed by atoms with Crippen LogP contribution in [0.2, 0.25) is 0 Å². The third kappa shape index (κ3) is 4.28. The van der Waals surface area contributed by atoms with Crippen LogP contribution in [0.15, 0.2) is 90.6 Å². The lowest BCUT2D eigenvalue weighted by atomic mass is 10.0. The van der Waals surface area contributed by atoms with Crippen LogP contribution >= 0.6 is 0 Å². The molecule has 162 valence electrons. The number of benzene rings is 3. The fourth-order valence-corrected chi connectivity index (χ4v) is 3.96. The second-order valence-electron chi connectivity index (χ2n) is 7.64. The topological polar surface area (TPSA) is 52.7 Å². The Labute approximate surface area is 189 Å². The van der Waals surface area contributed by atoms with E-state index < -0.39 is 0 Å². The summed E-state index contributed by atoms with van der Waals surface area (Å²) in [5.74, 6) is -0.599. The highest BCUT2D eigenvalue weighted by molar-refractivity contribution is 6.36. The van der Waals surface area contributed by atoms with E-state index in [0.29, 0.717) is 11.3 Å². The predicted molar refractivity (Wildman–Crippen MR) is 129 cm³/mol. The summed E-state index contributed by atoms with van der Waals surface area (Å²) in [4.78, 5) is 30.3. The Kier molecular flexibility index (Phi) is 6.36. The maximum Gasteiger partial charge on any atom is 0.278 e. The lowest BCUT2D eigenvalue weighted by Gasteiger charge is -2.21. The Morgan fingerprint density at radius 2 is 1.34 bits per heavy atom. The summed E-state index contributed by atoms with van der Waals surface area (Å²) in [6.45, 7) is 6.33. The number of nitrogens with one attached hydrogen (secondary N) is 1. The SMILES string of the molecule is CCN(CC)c1ccc(NC2=C(c3ccccc3)C(=O)N(Cc3ccccc3)C2=O)cc1. The van der Waals surface area contributed by atoms with E-state index in [0.717, 1.165) is 35.6 Å². The molecular formula is C27H27N3O2. The van der Waals surface area contributed by atoms with Gasteiger partial charge in [-0.05, 0) is 49.2 Å². The van der Waals surface area contributed by atoms with Gasteiger partial charge in [0.2, 0.25) is 0 Å². The van der Waals surface area contributed by atoms with Gasteiger partial charge >= 0.3 is 0 Å². The molecule has 1 heterocycles. The van der Waals surface area contributed by atoms with Crippen LogP contribution in [-0.2, 0) is 16.1 Å². The number of carbonyl (C=O) groups is 2. The molecule has 1 aliphatic heterocycles. The Morgan fingerprint density at radius 3 is 1.94 bits per heavy atom. The van der Waals surface area contributed by atoms with E-state index >= 15 is 0 Å². The van der Waals surface area contributed by atoms with Crippen molar-refractivity contribution in [1.82, 2.24) is 4.90 Å². The smallest absolute Gasteiger partial charge is 0.278 e. The summed E-state index contributed by atoms with van der Waals surface area (Å²) in [6, 6.07) is 26.9. The molecule has 0 radical (unpaired) electrons. The molecule has 0 saturated carbocycles. The Bertz CT molecular complexity index is 1120. The van der Waals surface area contributed by atoms with Crippen molar-refractivity contribution in [2.75, 3.05) is 23.3 Å². The van der Waals surface area contributed by atoms with E-state index in [1.807, 2.05) is 84.9 Å². The minimum Gasteiger partial charge on any atom is -0.372 e. The van der Waals surface area contributed by atoms with Crippen molar-refractivity contribution >= 4 is 28.8 Å². The molecule has 5 heteroatoms. The first-order valence-corrected chi connectivity index (χ1v) is 10.9. The van der Waals surface area contributed by atoms with Crippen molar-refractivity contribution < 1.29 is 9.59 Å². The number of anilines is 2. The van der Waals surface area contributed by atoms with Crippen LogP contribution in [0.25, 0.3) is 5.57 Å². The van der Waals surface area contributed by atoms with Gasteiger partial charge in [0, 0.05) is 24.5 Å². The summed E-state index contributed by atoms with van der Waals surface area (Å²) in [6.07, 6.45) is 0. The summed E-state index contributed by atoms with van der Waals surface area (Å²) >= 11 is 0. The monoisotopic (exact) mass is 425 g/mol. The second kappa shape index (κ2) is 9.52. The quantitative estimate of drug-likeness (QED) is 0.520. The van der Waals surface area contributed by atoms with Crippen LogP contribution in [-0.4, -0.2) is 29.8 Å². The molecule has 0 fully saturated rings. The lowest BCUT2D eigenvalue weighted by Crippen LogP contribution is -2.32. The summed E-state index contributed by atoms with van der Waals surface area (Å²) in [5.41, 5.74) is 4.24. The largest absolute Gasteiger partial charge is 0.372 e. The standard InChI is InChI=1S/C27H27N3O2/c1-3-29(4-2)23-17-15-22(16-18-23)28-25-24(21-13-9-6-10-14-21)26(31)30(27(25)32)19-20-11-7-5-8-12-20/h5-18,28H,3-4,19H2,1-2H3. The first-order valence-electron chi connectivity index (χ1n) is 10.9. The molecule has 4 rings (SSSR count). The molecule has 0 bridgehead atoms. The molecule has 3 aromatic carbocycles. The fraction of sp³-hybridized carbons (Fsp3) is 0.185. The average molecular weight is 426 g/mol. The number of rotatable bonds is 8. The number of hydrogen-bond donors (Lipinski definition) is 1. The van der Waals surface area contributed by atoms with Gasteiger partial charge in [0.25, 0.3) is 11.8 Å². The highest BCUT2D eigenvalue weighted by Gasteiger charge is 2.39. The second-order valence-corrected chi connectivity index (χ2v) is 7.64. The highest BCUT2D eigenvalue weighted by atomic mass is 16.2. The maximum atomic E-state index is 13.4. The minimum atomic E-state index is -0.314. The van der Waals surface area contributed by atoms with Gasteiger partial charge in [-0.1, -0.05) is 60.7 Å². The number of imide groups is 1. The van der Waals surface area contributed by atoms with Crippen LogP contribution in [0.3, 0.4) is 0 Å². The Hall–Kier alpha value is -3.86. The zero-order valence-corrected chi connectivity index (χ0v) is 18.4. The average Bonchev–Trinajstić information content (AvgIpc) is 3.06. The lowest BCUT2D eigenvalue weighted by molar-refractivity contribution is -0.137.